The zero-order valence-electron chi connectivity index (χ0n) is 23.9. The van der Waals surface area contributed by atoms with Gasteiger partial charge in [0.2, 0.25) is 0 Å². The summed E-state index contributed by atoms with van der Waals surface area (Å²) in [7, 11) is -6.25. The smallest absolute Gasteiger partial charge is 0.261 e. The molecule has 5 nitrogen and oxygen atoms in total. The summed E-state index contributed by atoms with van der Waals surface area (Å²) in [6.07, 6.45) is 1.32. The Morgan fingerprint density at radius 2 is 1.49 bits per heavy atom. The van der Waals surface area contributed by atoms with Gasteiger partial charge in [-0.15, -0.1) is 0 Å². The molecule has 0 atom stereocenters. The zero-order valence-corrected chi connectivity index (χ0v) is 25.7. The van der Waals surface area contributed by atoms with E-state index >= 15 is 0 Å². The molecule has 2 heterocycles. The molecule has 206 valence electrons. The third-order valence-electron chi connectivity index (χ3n) is 8.10. The summed E-state index contributed by atoms with van der Waals surface area (Å²) in [5.74, 6) is 0. The lowest BCUT2D eigenvalue weighted by atomic mass is 9.85. The van der Waals surface area contributed by atoms with Crippen LogP contribution in [0, 0.1) is 0 Å². The molecule has 1 aliphatic rings. The highest BCUT2D eigenvalue weighted by Crippen LogP contribution is 2.40. The van der Waals surface area contributed by atoms with Crippen LogP contribution in [0.15, 0.2) is 83.8 Å². The number of hydrogen-bond acceptors (Lipinski definition) is 4. The van der Waals surface area contributed by atoms with E-state index in [-0.39, 0.29) is 5.04 Å². The Labute approximate surface area is 234 Å². The van der Waals surface area contributed by atoms with Crippen LogP contribution < -0.4 is 15.7 Å². The van der Waals surface area contributed by atoms with Gasteiger partial charge >= 0.3 is 0 Å². The molecule has 0 bridgehead atoms. The molecule has 0 radical (unpaired) electrons. The van der Waals surface area contributed by atoms with Crippen molar-refractivity contribution >= 4 is 39.4 Å². The van der Waals surface area contributed by atoms with Gasteiger partial charge in [0.1, 0.15) is 0 Å². The highest BCUT2D eigenvalue weighted by atomic mass is 32.2. The summed E-state index contributed by atoms with van der Waals surface area (Å²) in [6.45, 7) is 13.9. The highest BCUT2D eigenvalue weighted by Gasteiger charge is 2.51. The molecule has 0 unspecified atom stereocenters. The molecule has 0 saturated heterocycles. The van der Waals surface area contributed by atoms with Gasteiger partial charge in [-0.05, 0) is 39.2 Å². The maximum atomic E-state index is 13.2. The SMILES string of the molecule is CC(C)(CO[Si](c1ccccc1)(c1ccccc1)C(C)(C)C)c1cc2cc3n(c2cc1S(C)(=O)=O)CCNC3. The summed E-state index contributed by atoms with van der Waals surface area (Å²) in [5, 5.41) is 6.76. The Hall–Kier alpha value is -2.71. The standard InChI is InChI=1S/C32H40N2O3SSi/c1-31(2,3)39(26-13-9-7-10-14-26,27-15-11-8-12-16-27)37-23-32(4,5)28-20-24-19-25-22-33-17-18-34(25)29(24)21-30(28)38(6,35)36/h7-16,19-21,33H,17-18,22-23H2,1-6H3. The third kappa shape index (κ3) is 5.02. The normalized spacial score (nSPS) is 14.9. The van der Waals surface area contributed by atoms with E-state index in [4.69, 9.17) is 4.43 Å². The number of aromatic nitrogens is 1. The van der Waals surface area contributed by atoms with Crippen LogP contribution in [0.25, 0.3) is 10.9 Å². The Bertz CT molecular complexity index is 1550. The number of nitrogens with zero attached hydrogens (tertiary/aromatic N) is 1. The summed E-state index contributed by atoms with van der Waals surface area (Å²) < 4.78 is 35.9. The van der Waals surface area contributed by atoms with Crippen LogP contribution in [0.3, 0.4) is 0 Å². The lowest BCUT2D eigenvalue weighted by Crippen LogP contribution is -2.67. The Morgan fingerprint density at radius 3 is 2.03 bits per heavy atom. The van der Waals surface area contributed by atoms with Crippen LogP contribution in [0.2, 0.25) is 5.04 Å². The molecule has 1 aromatic heterocycles. The van der Waals surface area contributed by atoms with E-state index in [0.29, 0.717) is 11.5 Å². The summed E-state index contributed by atoms with van der Waals surface area (Å²) in [5.41, 5.74) is 2.43. The van der Waals surface area contributed by atoms with Crippen LogP contribution in [0.4, 0.5) is 0 Å². The van der Waals surface area contributed by atoms with Gasteiger partial charge in [0.15, 0.2) is 9.84 Å². The van der Waals surface area contributed by atoms with E-state index in [0.717, 1.165) is 36.1 Å². The predicted molar refractivity (Wildman–Crippen MR) is 163 cm³/mol. The minimum atomic E-state index is -3.47. The maximum Gasteiger partial charge on any atom is 0.261 e. The maximum absolute atomic E-state index is 13.2. The zero-order chi connectivity index (χ0) is 28.1. The quantitative estimate of drug-likeness (QED) is 0.323. The van der Waals surface area contributed by atoms with Crippen LogP contribution in [0.5, 0.6) is 0 Å². The number of rotatable bonds is 7. The average molecular weight is 561 g/mol. The molecule has 0 spiro atoms. The van der Waals surface area contributed by atoms with E-state index in [9.17, 15) is 8.42 Å². The molecule has 7 heteroatoms. The van der Waals surface area contributed by atoms with Gasteiger partial charge in [-0.1, -0.05) is 95.3 Å². The second-order valence-corrected chi connectivity index (χ2v) is 18.8. The van der Waals surface area contributed by atoms with Crippen molar-refractivity contribution in [3.8, 4) is 0 Å². The molecule has 0 saturated carbocycles. The number of hydrogen-bond donors (Lipinski definition) is 1. The molecule has 4 aromatic rings. The first kappa shape index (κ1) is 27.8. The predicted octanol–water partition coefficient (Wildman–Crippen LogP) is 5.00. The second kappa shape index (κ2) is 10.0. The second-order valence-electron chi connectivity index (χ2n) is 12.5. The molecule has 1 aliphatic heterocycles. The number of fused-ring (bicyclic) bond motifs is 3. The van der Waals surface area contributed by atoms with Crippen molar-refractivity contribution < 1.29 is 12.8 Å². The first-order valence-corrected chi connectivity index (χ1v) is 17.5. The topological polar surface area (TPSA) is 60.3 Å². The monoisotopic (exact) mass is 560 g/mol. The molecular formula is C32H40N2O3SSi. The van der Waals surface area contributed by atoms with Crippen molar-refractivity contribution in [2.75, 3.05) is 19.4 Å². The molecule has 5 rings (SSSR count). The molecule has 39 heavy (non-hydrogen) atoms. The summed E-state index contributed by atoms with van der Waals surface area (Å²) in [6, 6.07) is 27.3. The Morgan fingerprint density at radius 1 is 0.897 bits per heavy atom. The van der Waals surface area contributed by atoms with Crippen LogP contribution >= 0.6 is 0 Å². The first-order chi connectivity index (χ1) is 18.3. The highest BCUT2D eigenvalue weighted by molar-refractivity contribution is 7.90. The van der Waals surface area contributed by atoms with Gasteiger partial charge in [0.05, 0.1) is 4.90 Å². The van der Waals surface area contributed by atoms with Gasteiger partial charge in [-0.2, -0.15) is 0 Å². The average Bonchev–Trinajstić information content (AvgIpc) is 3.26. The van der Waals surface area contributed by atoms with Crippen molar-refractivity contribution in [2.45, 2.75) is 63.1 Å². The minimum Gasteiger partial charge on any atom is -0.407 e. The van der Waals surface area contributed by atoms with Crippen LogP contribution in [-0.4, -0.2) is 40.7 Å². The fourth-order valence-electron chi connectivity index (χ4n) is 6.13. The minimum absolute atomic E-state index is 0.163. The molecule has 0 amide bonds. The van der Waals surface area contributed by atoms with Crippen molar-refractivity contribution in [3.63, 3.8) is 0 Å². The van der Waals surface area contributed by atoms with Gasteiger partial charge in [0.25, 0.3) is 8.32 Å². The molecule has 0 fully saturated rings. The molecule has 3 aromatic carbocycles. The third-order valence-corrected chi connectivity index (χ3v) is 14.2. The summed E-state index contributed by atoms with van der Waals surface area (Å²) in [4.78, 5) is 0.394. The van der Waals surface area contributed by atoms with Gasteiger partial charge in [-0.3, -0.25) is 0 Å². The van der Waals surface area contributed by atoms with Crippen LogP contribution in [0.1, 0.15) is 45.9 Å². The largest absolute Gasteiger partial charge is 0.407 e. The van der Waals surface area contributed by atoms with E-state index < -0.39 is 23.6 Å². The van der Waals surface area contributed by atoms with Crippen LogP contribution in [-0.2, 0) is 32.8 Å². The van der Waals surface area contributed by atoms with Crippen molar-refractivity contribution in [1.82, 2.24) is 9.88 Å². The van der Waals surface area contributed by atoms with Gasteiger partial charge in [0, 0.05) is 54.5 Å². The van der Waals surface area contributed by atoms with Gasteiger partial charge < -0.3 is 14.3 Å². The van der Waals surface area contributed by atoms with Crippen molar-refractivity contribution in [1.29, 1.82) is 0 Å². The lowest BCUT2D eigenvalue weighted by molar-refractivity contribution is 0.225. The number of benzene rings is 3. The van der Waals surface area contributed by atoms with E-state index in [1.54, 1.807) is 0 Å². The first-order valence-electron chi connectivity index (χ1n) is 13.7. The van der Waals surface area contributed by atoms with E-state index in [1.165, 1.54) is 22.3 Å². The molecule has 1 N–H and O–H groups in total. The van der Waals surface area contributed by atoms with Crippen molar-refractivity contribution in [2.24, 2.45) is 0 Å². The lowest BCUT2D eigenvalue weighted by Gasteiger charge is -2.45. The van der Waals surface area contributed by atoms with E-state index in [2.05, 4.69) is 105 Å². The summed E-state index contributed by atoms with van der Waals surface area (Å²) >= 11 is 0. The number of nitrogens with one attached hydrogen (secondary N) is 1. The van der Waals surface area contributed by atoms with Crippen molar-refractivity contribution in [3.05, 3.63) is 90.1 Å². The Kier molecular flexibility index (Phi) is 7.16. The Balaban J connectivity index is 1.64. The molecule has 0 aliphatic carbocycles. The fourth-order valence-corrected chi connectivity index (χ4v) is 11.9. The van der Waals surface area contributed by atoms with E-state index in [1.807, 2.05) is 18.2 Å². The molecular weight excluding hydrogens is 521 g/mol. The fraction of sp³-hybridized carbons (Fsp3) is 0.375. The van der Waals surface area contributed by atoms with Gasteiger partial charge in [-0.25, -0.2) is 8.42 Å². The number of sulfone groups is 1.